The summed E-state index contributed by atoms with van der Waals surface area (Å²) in [5.74, 6) is 0. The van der Waals surface area contributed by atoms with Crippen LogP contribution in [0.2, 0.25) is 0 Å². The third kappa shape index (κ3) is 3.39. The summed E-state index contributed by atoms with van der Waals surface area (Å²) in [5, 5.41) is 25.5. The lowest BCUT2D eigenvalue weighted by Crippen LogP contribution is -2.15. The van der Waals surface area contributed by atoms with Crippen LogP contribution in [0.5, 0.6) is 0 Å². The third-order valence-corrected chi connectivity index (χ3v) is 2.02. The maximum absolute atomic E-state index is 10.7. The number of aliphatic hydroxyl groups is 1. The van der Waals surface area contributed by atoms with Gasteiger partial charge in [-0.05, 0) is 13.0 Å². The normalized spacial score (nSPS) is 11.9. The highest BCUT2D eigenvalue weighted by Gasteiger charge is 2.09. The maximum Gasteiger partial charge on any atom is 0.273 e. The molecule has 6 heteroatoms. The Morgan fingerprint density at radius 1 is 1.44 bits per heavy atom. The molecule has 0 saturated carbocycles. The molecule has 0 spiro atoms. The van der Waals surface area contributed by atoms with Crippen molar-refractivity contribution in [2.45, 2.75) is 13.0 Å². The van der Waals surface area contributed by atoms with Crippen LogP contribution in [0.4, 0.5) is 17.1 Å². The van der Waals surface area contributed by atoms with Gasteiger partial charge in [-0.2, -0.15) is 0 Å². The highest BCUT2D eigenvalue weighted by molar-refractivity contribution is 5.63. The molecule has 1 aromatic carbocycles. The molecule has 0 fully saturated rings. The molecule has 88 valence electrons. The van der Waals surface area contributed by atoms with Crippen molar-refractivity contribution < 1.29 is 10.0 Å². The summed E-state index contributed by atoms with van der Waals surface area (Å²) in [6.45, 7) is 1.99. The minimum absolute atomic E-state index is 0.0138. The molecular weight excluding hydrogens is 210 g/mol. The fourth-order valence-corrected chi connectivity index (χ4v) is 1.23. The maximum atomic E-state index is 10.7. The SMILES string of the molecule is CNc1cc(NCC(C)O)cc([N+](=O)[O-])c1. The van der Waals surface area contributed by atoms with Crippen LogP contribution in [-0.4, -0.2) is 29.7 Å². The van der Waals surface area contributed by atoms with E-state index in [1.54, 1.807) is 20.0 Å². The lowest BCUT2D eigenvalue weighted by molar-refractivity contribution is -0.384. The lowest BCUT2D eigenvalue weighted by atomic mass is 10.2. The molecule has 0 aliphatic heterocycles. The molecule has 0 aromatic heterocycles. The van der Waals surface area contributed by atoms with E-state index in [0.29, 0.717) is 17.9 Å². The van der Waals surface area contributed by atoms with E-state index >= 15 is 0 Å². The van der Waals surface area contributed by atoms with E-state index in [0.717, 1.165) is 0 Å². The first-order chi connectivity index (χ1) is 7.52. The predicted octanol–water partition coefficient (Wildman–Crippen LogP) is 1.43. The van der Waals surface area contributed by atoms with Crippen LogP contribution in [0.1, 0.15) is 6.92 Å². The number of nitro benzene ring substituents is 1. The predicted molar refractivity (Wildman–Crippen MR) is 62.8 cm³/mol. The van der Waals surface area contributed by atoms with E-state index in [4.69, 9.17) is 5.11 Å². The van der Waals surface area contributed by atoms with Gasteiger partial charge in [0.25, 0.3) is 5.69 Å². The molecule has 1 rings (SSSR count). The van der Waals surface area contributed by atoms with Gasteiger partial charge in [-0.15, -0.1) is 0 Å². The van der Waals surface area contributed by atoms with E-state index in [1.807, 2.05) is 0 Å². The van der Waals surface area contributed by atoms with E-state index < -0.39 is 11.0 Å². The van der Waals surface area contributed by atoms with E-state index in [9.17, 15) is 10.1 Å². The van der Waals surface area contributed by atoms with Crippen LogP contribution in [0.3, 0.4) is 0 Å². The average Bonchev–Trinajstić information content (AvgIpc) is 2.25. The number of nitrogens with one attached hydrogen (secondary N) is 2. The number of nitrogens with zero attached hydrogens (tertiary/aromatic N) is 1. The topological polar surface area (TPSA) is 87.4 Å². The standard InChI is InChI=1S/C10H15N3O3/c1-7(14)6-12-9-3-8(11-2)4-10(5-9)13(15)16/h3-5,7,11-12,14H,6H2,1-2H3. The van der Waals surface area contributed by atoms with Crippen LogP contribution >= 0.6 is 0 Å². The summed E-state index contributed by atoms with van der Waals surface area (Å²) in [4.78, 5) is 10.2. The van der Waals surface area contributed by atoms with E-state index in [1.165, 1.54) is 12.1 Å². The quantitative estimate of drug-likeness (QED) is 0.521. The van der Waals surface area contributed by atoms with Gasteiger partial charge in [0.2, 0.25) is 0 Å². The van der Waals surface area contributed by atoms with Crippen molar-refractivity contribution in [1.29, 1.82) is 0 Å². The minimum atomic E-state index is -0.503. The van der Waals surface area contributed by atoms with Crippen molar-refractivity contribution in [2.24, 2.45) is 0 Å². The third-order valence-electron chi connectivity index (χ3n) is 2.02. The summed E-state index contributed by atoms with van der Waals surface area (Å²) in [7, 11) is 1.69. The van der Waals surface area contributed by atoms with Crippen LogP contribution < -0.4 is 10.6 Å². The largest absolute Gasteiger partial charge is 0.392 e. The van der Waals surface area contributed by atoms with Gasteiger partial charge >= 0.3 is 0 Å². The zero-order valence-corrected chi connectivity index (χ0v) is 9.23. The molecule has 6 nitrogen and oxygen atoms in total. The summed E-state index contributed by atoms with van der Waals surface area (Å²) in [5.41, 5.74) is 1.28. The molecule has 0 heterocycles. The Morgan fingerprint density at radius 2 is 2.06 bits per heavy atom. The molecule has 0 amide bonds. The second-order valence-electron chi connectivity index (χ2n) is 3.51. The van der Waals surface area contributed by atoms with Gasteiger partial charge in [-0.3, -0.25) is 10.1 Å². The van der Waals surface area contributed by atoms with Crippen molar-refractivity contribution in [1.82, 2.24) is 0 Å². The molecule has 1 atom stereocenters. The van der Waals surface area contributed by atoms with Crippen LogP contribution in [0.15, 0.2) is 18.2 Å². The number of anilines is 2. The van der Waals surface area contributed by atoms with E-state index in [-0.39, 0.29) is 5.69 Å². The highest BCUT2D eigenvalue weighted by Crippen LogP contribution is 2.23. The summed E-state index contributed by atoms with van der Waals surface area (Å²) >= 11 is 0. The van der Waals surface area contributed by atoms with Crippen molar-refractivity contribution in [3.8, 4) is 0 Å². The molecule has 0 aliphatic rings. The Hall–Kier alpha value is -1.82. The van der Waals surface area contributed by atoms with Crippen LogP contribution in [0, 0.1) is 10.1 Å². The Bertz CT molecular complexity index is 380. The highest BCUT2D eigenvalue weighted by atomic mass is 16.6. The first-order valence-electron chi connectivity index (χ1n) is 4.92. The van der Waals surface area contributed by atoms with Gasteiger partial charge in [0.1, 0.15) is 0 Å². The Balaban J connectivity index is 2.90. The Kier molecular flexibility index (Phi) is 4.07. The second-order valence-corrected chi connectivity index (χ2v) is 3.51. The summed E-state index contributed by atoms with van der Waals surface area (Å²) < 4.78 is 0. The lowest BCUT2D eigenvalue weighted by Gasteiger charge is -2.10. The molecule has 0 aliphatic carbocycles. The number of benzene rings is 1. The van der Waals surface area contributed by atoms with Gasteiger partial charge in [0.15, 0.2) is 0 Å². The van der Waals surface area contributed by atoms with Gasteiger partial charge in [-0.1, -0.05) is 0 Å². The molecule has 1 unspecified atom stereocenters. The minimum Gasteiger partial charge on any atom is -0.392 e. The van der Waals surface area contributed by atoms with Crippen LogP contribution in [-0.2, 0) is 0 Å². The summed E-state index contributed by atoms with van der Waals surface area (Å²) in [6, 6.07) is 4.63. The van der Waals surface area contributed by atoms with Crippen molar-refractivity contribution >= 4 is 17.1 Å². The van der Waals surface area contributed by atoms with Gasteiger partial charge in [0, 0.05) is 37.1 Å². The summed E-state index contributed by atoms with van der Waals surface area (Å²) in [6.07, 6.45) is -0.503. The van der Waals surface area contributed by atoms with Crippen molar-refractivity contribution in [2.75, 3.05) is 24.2 Å². The second kappa shape index (κ2) is 5.32. The number of hydrogen-bond acceptors (Lipinski definition) is 5. The zero-order chi connectivity index (χ0) is 12.1. The average molecular weight is 225 g/mol. The monoisotopic (exact) mass is 225 g/mol. The van der Waals surface area contributed by atoms with Crippen molar-refractivity contribution in [3.63, 3.8) is 0 Å². The first kappa shape index (κ1) is 12.3. The molecule has 16 heavy (non-hydrogen) atoms. The molecule has 0 radical (unpaired) electrons. The number of aliphatic hydroxyl groups excluding tert-OH is 1. The fourth-order valence-electron chi connectivity index (χ4n) is 1.23. The van der Waals surface area contributed by atoms with Gasteiger partial charge in [-0.25, -0.2) is 0 Å². The molecule has 3 N–H and O–H groups in total. The van der Waals surface area contributed by atoms with Crippen LogP contribution in [0.25, 0.3) is 0 Å². The van der Waals surface area contributed by atoms with Crippen molar-refractivity contribution in [3.05, 3.63) is 28.3 Å². The smallest absolute Gasteiger partial charge is 0.273 e. The van der Waals surface area contributed by atoms with Gasteiger partial charge in [0.05, 0.1) is 11.0 Å². The molecule has 1 aromatic rings. The Labute approximate surface area is 93.4 Å². The van der Waals surface area contributed by atoms with Gasteiger partial charge < -0.3 is 15.7 Å². The van der Waals surface area contributed by atoms with E-state index in [2.05, 4.69) is 10.6 Å². The molecule has 0 saturated heterocycles. The fraction of sp³-hybridized carbons (Fsp3) is 0.400. The number of rotatable bonds is 5. The number of hydrogen-bond donors (Lipinski definition) is 3. The number of non-ortho nitro benzene ring substituents is 1. The zero-order valence-electron chi connectivity index (χ0n) is 9.23. The Morgan fingerprint density at radius 3 is 2.56 bits per heavy atom. The number of nitro groups is 1. The molecular formula is C10H15N3O3. The first-order valence-corrected chi connectivity index (χ1v) is 4.92. The molecule has 0 bridgehead atoms.